The number of hydrogen-bond donors (Lipinski definition) is 0. The van der Waals surface area contributed by atoms with Crippen LogP contribution in [0.15, 0.2) is 24.3 Å². The topological polar surface area (TPSA) is 44.8 Å². The summed E-state index contributed by atoms with van der Waals surface area (Å²) in [5.74, 6) is -0.317. The fourth-order valence-corrected chi connectivity index (χ4v) is 2.54. The number of halogens is 3. The van der Waals surface area contributed by atoms with Crippen molar-refractivity contribution >= 4 is 5.97 Å². The molecule has 1 aliphatic rings. The molecular formula is C15H17F3O4. The van der Waals surface area contributed by atoms with Crippen molar-refractivity contribution in [3.63, 3.8) is 0 Å². The van der Waals surface area contributed by atoms with Crippen LogP contribution in [0.25, 0.3) is 0 Å². The zero-order valence-electron chi connectivity index (χ0n) is 12.3. The van der Waals surface area contributed by atoms with Gasteiger partial charge < -0.3 is 14.2 Å². The average Bonchev–Trinajstić information content (AvgIpc) is 2.94. The lowest BCUT2D eigenvalue weighted by Crippen LogP contribution is -2.43. The van der Waals surface area contributed by atoms with Crippen LogP contribution in [0.4, 0.5) is 13.2 Å². The Labute approximate surface area is 126 Å². The van der Waals surface area contributed by atoms with Crippen molar-refractivity contribution < 1.29 is 32.2 Å². The van der Waals surface area contributed by atoms with Crippen molar-refractivity contribution in [1.82, 2.24) is 0 Å². The van der Waals surface area contributed by atoms with Crippen LogP contribution in [-0.4, -0.2) is 32.0 Å². The molecular weight excluding hydrogens is 301 g/mol. The van der Waals surface area contributed by atoms with E-state index in [1.165, 1.54) is 31.4 Å². The molecule has 1 fully saturated rings. The van der Waals surface area contributed by atoms with E-state index in [0.717, 1.165) is 0 Å². The molecule has 0 bridgehead atoms. The maximum atomic E-state index is 13.6. The van der Waals surface area contributed by atoms with Crippen LogP contribution in [0.3, 0.4) is 0 Å². The molecule has 0 spiro atoms. The summed E-state index contributed by atoms with van der Waals surface area (Å²) in [5.41, 5.74) is -2.54. The van der Waals surface area contributed by atoms with Crippen LogP contribution >= 0.6 is 0 Å². The molecule has 1 aliphatic heterocycles. The second-order valence-corrected chi connectivity index (χ2v) is 4.95. The van der Waals surface area contributed by atoms with Gasteiger partial charge >= 0.3 is 12.1 Å². The molecule has 0 N–H and O–H groups in total. The third-order valence-corrected chi connectivity index (χ3v) is 3.67. The number of benzene rings is 1. The number of rotatable bonds is 4. The summed E-state index contributed by atoms with van der Waals surface area (Å²) in [5, 5.41) is 0. The molecule has 0 amide bonds. The first-order valence-electron chi connectivity index (χ1n) is 6.90. The molecule has 0 radical (unpaired) electrons. The maximum Gasteiger partial charge on any atom is 0.421 e. The second-order valence-electron chi connectivity index (χ2n) is 4.95. The number of methoxy groups -OCH3 is 1. The highest BCUT2D eigenvalue weighted by Gasteiger charge is 2.62. The van der Waals surface area contributed by atoms with E-state index in [9.17, 15) is 18.0 Å². The van der Waals surface area contributed by atoms with E-state index in [0.29, 0.717) is 5.75 Å². The van der Waals surface area contributed by atoms with E-state index >= 15 is 0 Å². The minimum absolute atomic E-state index is 0.0373. The number of carbonyl (C=O) groups is 1. The lowest BCUT2D eigenvalue weighted by Gasteiger charge is -2.32. The van der Waals surface area contributed by atoms with Gasteiger partial charge in [0.15, 0.2) is 11.7 Å². The fraction of sp³-hybridized carbons (Fsp3) is 0.533. The first-order valence-corrected chi connectivity index (χ1v) is 6.90. The van der Waals surface area contributed by atoms with E-state index in [-0.39, 0.29) is 25.0 Å². The van der Waals surface area contributed by atoms with Crippen LogP contribution in [-0.2, 0) is 19.9 Å². The molecule has 2 rings (SSSR count). The van der Waals surface area contributed by atoms with Crippen molar-refractivity contribution in [3.05, 3.63) is 29.8 Å². The highest BCUT2D eigenvalue weighted by molar-refractivity contribution is 5.75. The Balaban J connectivity index is 2.32. The molecule has 2 atom stereocenters. The number of hydrogen-bond acceptors (Lipinski definition) is 4. The van der Waals surface area contributed by atoms with Gasteiger partial charge in [0, 0.05) is 0 Å². The van der Waals surface area contributed by atoms with Crippen LogP contribution in [0, 0.1) is 0 Å². The van der Waals surface area contributed by atoms with E-state index in [2.05, 4.69) is 0 Å². The molecule has 1 aromatic rings. The predicted octanol–water partition coefficient (Wildman–Crippen LogP) is 3.19. The van der Waals surface area contributed by atoms with Crippen molar-refractivity contribution in [3.8, 4) is 5.75 Å². The maximum absolute atomic E-state index is 13.6. The molecule has 122 valence electrons. The first kappa shape index (κ1) is 16.6. The summed E-state index contributed by atoms with van der Waals surface area (Å²) >= 11 is 0. The van der Waals surface area contributed by atoms with Crippen LogP contribution in [0.2, 0.25) is 0 Å². The Morgan fingerprint density at radius 2 is 2.00 bits per heavy atom. The highest BCUT2D eigenvalue weighted by atomic mass is 19.4. The predicted molar refractivity (Wildman–Crippen MR) is 71.5 cm³/mol. The van der Waals surface area contributed by atoms with Gasteiger partial charge in [-0.05, 0) is 37.5 Å². The molecule has 0 saturated carbocycles. The highest BCUT2D eigenvalue weighted by Crippen LogP contribution is 2.51. The summed E-state index contributed by atoms with van der Waals surface area (Å²) in [4.78, 5) is 11.7. The van der Waals surface area contributed by atoms with Gasteiger partial charge in [0.25, 0.3) is 0 Å². The summed E-state index contributed by atoms with van der Waals surface area (Å²) in [7, 11) is 1.43. The number of esters is 1. The van der Waals surface area contributed by atoms with Crippen LogP contribution in [0.1, 0.15) is 25.3 Å². The molecule has 22 heavy (non-hydrogen) atoms. The van der Waals surface area contributed by atoms with Crippen molar-refractivity contribution in [1.29, 1.82) is 0 Å². The normalized spacial score (nSPS) is 25.0. The summed E-state index contributed by atoms with van der Waals surface area (Å²) in [6.45, 7) is 1.69. The average molecular weight is 318 g/mol. The fourth-order valence-electron chi connectivity index (χ4n) is 2.54. The number of carbonyl (C=O) groups excluding carboxylic acids is 1. The van der Waals surface area contributed by atoms with E-state index in [1.54, 1.807) is 6.92 Å². The lowest BCUT2D eigenvalue weighted by molar-refractivity contribution is -0.277. The molecule has 1 saturated heterocycles. The standard InChI is InChI=1S/C15H17F3O4/c1-3-21-13(19)12-8-9-14(22-12,15(16,17)18)10-4-6-11(20-2)7-5-10/h4-7,12H,3,8-9H2,1-2H3/t12-,14-/m0/s1. The summed E-state index contributed by atoms with van der Waals surface area (Å²) in [6.07, 6.45) is -6.21. The molecule has 0 aromatic heterocycles. The van der Waals surface area contributed by atoms with Gasteiger partial charge in [-0.3, -0.25) is 0 Å². The third-order valence-electron chi connectivity index (χ3n) is 3.67. The molecule has 1 heterocycles. The Morgan fingerprint density at radius 3 is 2.50 bits per heavy atom. The monoisotopic (exact) mass is 318 g/mol. The quantitative estimate of drug-likeness (QED) is 0.800. The number of alkyl halides is 3. The molecule has 0 unspecified atom stereocenters. The second kappa shape index (κ2) is 6.16. The lowest BCUT2D eigenvalue weighted by atomic mass is 9.90. The molecule has 0 aliphatic carbocycles. The van der Waals surface area contributed by atoms with Crippen molar-refractivity contribution in [2.75, 3.05) is 13.7 Å². The Hall–Kier alpha value is -1.76. The van der Waals surface area contributed by atoms with E-state index in [4.69, 9.17) is 14.2 Å². The molecule has 1 aromatic carbocycles. The van der Waals surface area contributed by atoms with Gasteiger partial charge in [-0.15, -0.1) is 0 Å². The van der Waals surface area contributed by atoms with Crippen LogP contribution < -0.4 is 4.74 Å². The number of ether oxygens (including phenoxy) is 3. The van der Waals surface area contributed by atoms with Gasteiger partial charge in [0.1, 0.15) is 5.75 Å². The van der Waals surface area contributed by atoms with Gasteiger partial charge in [0.2, 0.25) is 0 Å². The Bertz CT molecular complexity index is 527. The van der Waals surface area contributed by atoms with Gasteiger partial charge in [0.05, 0.1) is 13.7 Å². The minimum Gasteiger partial charge on any atom is -0.497 e. The van der Waals surface area contributed by atoms with Gasteiger partial charge in [-0.1, -0.05) is 12.1 Å². The zero-order valence-corrected chi connectivity index (χ0v) is 12.3. The largest absolute Gasteiger partial charge is 0.497 e. The first-order chi connectivity index (χ1) is 10.3. The van der Waals surface area contributed by atoms with Crippen molar-refractivity contribution in [2.24, 2.45) is 0 Å². The third kappa shape index (κ3) is 2.90. The summed E-state index contributed by atoms with van der Waals surface area (Å²) in [6, 6.07) is 5.48. The molecule has 4 nitrogen and oxygen atoms in total. The minimum atomic E-state index is -4.64. The van der Waals surface area contributed by atoms with E-state index < -0.39 is 23.9 Å². The van der Waals surface area contributed by atoms with Crippen LogP contribution in [0.5, 0.6) is 5.75 Å². The molecule has 7 heteroatoms. The summed E-state index contributed by atoms with van der Waals surface area (Å²) < 4.78 is 55.6. The zero-order chi connectivity index (χ0) is 16.4. The van der Waals surface area contributed by atoms with Gasteiger partial charge in [-0.2, -0.15) is 13.2 Å². The Kier molecular flexibility index (Phi) is 4.65. The van der Waals surface area contributed by atoms with Gasteiger partial charge in [-0.25, -0.2) is 4.79 Å². The SMILES string of the molecule is CCOC(=O)[C@@H]1CC[C@](c2ccc(OC)cc2)(C(F)(F)F)O1. The van der Waals surface area contributed by atoms with Crippen molar-refractivity contribution in [2.45, 2.75) is 37.6 Å². The van der Waals surface area contributed by atoms with E-state index in [1.807, 2.05) is 0 Å². The Morgan fingerprint density at radius 1 is 1.36 bits per heavy atom. The smallest absolute Gasteiger partial charge is 0.421 e.